The average Bonchev–Trinajstić information content (AvgIpc) is 2.27. The van der Waals surface area contributed by atoms with E-state index in [9.17, 15) is 0 Å². The van der Waals surface area contributed by atoms with Crippen molar-refractivity contribution in [3.8, 4) is 11.6 Å². The van der Waals surface area contributed by atoms with Gasteiger partial charge >= 0.3 is 0 Å². The molecule has 0 fully saturated rings. The molecule has 0 aliphatic heterocycles. The number of ether oxygens (including phenoxy) is 1. The molecular weight excluding hydrogens is 238 g/mol. The van der Waals surface area contributed by atoms with Crippen LogP contribution in [-0.2, 0) is 0 Å². The smallest absolute Gasteiger partial charge is 0.227 e. The molecule has 0 spiro atoms. The Morgan fingerprint density at radius 1 is 1.29 bits per heavy atom. The molecule has 1 aromatic carbocycles. The summed E-state index contributed by atoms with van der Waals surface area (Å²) in [7, 11) is 0. The Labute approximate surface area is 104 Å². The molecular formula is C12H12ClN3O. The van der Waals surface area contributed by atoms with Gasteiger partial charge in [-0.3, -0.25) is 0 Å². The zero-order valence-electron chi connectivity index (χ0n) is 9.57. The van der Waals surface area contributed by atoms with Crippen LogP contribution in [0.4, 0.5) is 5.95 Å². The minimum atomic E-state index is 0.175. The van der Waals surface area contributed by atoms with Crippen LogP contribution in [0.5, 0.6) is 11.6 Å². The number of aromatic nitrogens is 2. The van der Waals surface area contributed by atoms with Crippen molar-refractivity contribution >= 4 is 17.5 Å². The van der Waals surface area contributed by atoms with E-state index in [1.807, 2.05) is 26.0 Å². The van der Waals surface area contributed by atoms with Crippen molar-refractivity contribution < 1.29 is 4.74 Å². The van der Waals surface area contributed by atoms with Crippen molar-refractivity contribution in [3.63, 3.8) is 0 Å². The number of nitrogens with zero attached hydrogens (tertiary/aromatic N) is 2. The highest BCUT2D eigenvalue weighted by atomic mass is 35.5. The van der Waals surface area contributed by atoms with Gasteiger partial charge in [0.1, 0.15) is 5.75 Å². The minimum Gasteiger partial charge on any atom is -0.437 e. The molecule has 0 aliphatic carbocycles. The lowest BCUT2D eigenvalue weighted by atomic mass is 10.2. The first-order valence-corrected chi connectivity index (χ1v) is 5.47. The van der Waals surface area contributed by atoms with E-state index in [2.05, 4.69) is 9.97 Å². The second kappa shape index (κ2) is 4.59. The molecule has 2 N–H and O–H groups in total. The number of anilines is 1. The monoisotopic (exact) mass is 249 g/mol. The number of rotatable bonds is 2. The molecule has 2 rings (SSSR count). The molecule has 0 atom stereocenters. The zero-order valence-corrected chi connectivity index (χ0v) is 10.3. The van der Waals surface area contributed by atoms with Gasteiger partial charge in [0.05, 0.1) is 5.02 Å². The van der Waals surface area contributed by atoms with Gasteiger partial charge in [-0.2, -0.15) is 4.98 Å². The molecule has 5 heteroatoms. The van der Waals surface area contributed by atoms with E-state index in [1.54, 1.807) is 12.3 Å². The Hall–Kier alpha value is -1.81. The number of halogens is 1. The summed E-state index contributed by atoms with van der Waals surface area (Å²) in [4.78, 5) is 7.89. The zero-order chi connectivity index (χ0) is 12.4. The van der Waals surface area contributed by atoms with E-state index < -0.39 is 0 Å². The predicted molar refractivity (Wildman–Crippen MR) is 67.4 cm³/mol. The van der Waals surface area contributed by atoms with Crippen LogP contribution in [0.15, 0.2) is 24.4 Å². The molecule has 4 nitrogen and oxygen atoms in total. The first-order chi connectivity index (χ1) is 8.06. The van der Waals surface area contributed by atoms with Gasteiger partial charge in [0.2, 0.25) is 11.8 Å². The second-order valence-corrected chi connectivity index (χ2v) is 4.16. The third kappa shape index (κ3) is 2.65. The lowest BCUT2D eigenvalue weighted by Crippen LogP contribution is -1.99. The molecule has 2 aromatic rings. The van der Waals surface area contributed by atoms with Gasteiger partial charge in [0.25, 0.3) is 0 Å². The van der Waals surface area contributed by atoms with E-state index in [1.165, 1.54) is 0 Å². The summed E-state index contributed by atoms with van der Waals surface area (Å²) in [5.74, 6) is 1.15. The Morgan fingerprint density at radius 3 is 2.76 bits per heavy atom. The maximum Gasteiger partial charge on any atom is 0.227 e. The Bertz CT molecular complexity index is 557. The molecule has 0 radical (unpaired) electrons. The van der Waals surface area contributed by atoms with Crippen LogP contribution in [0.1, 0.15) is 11.1 Å². The van der Waals surface area contributed by atoms with E-state index >= 15 is 0 Å². The highest BCUT2D eigenvalue weighted by Gasteiger charge is 2.07. The van der Waals surface area contributed by atoms with Crippen molar-refractivity contribution in [1.29, 1.82) is 0 Å². The molecule has 0 amide bonds. The fraction of sp³-hybridized carbons (Fsp3) is 0.167. The normalized spacial score (nSPS) is 10.3. The van der Waals surface area contributed by atoms with Gasteiger partial charge in [-0.25, -0.2) is 4.98 Å². The SMILES string of the molecule is Cc1ccc(Oc2nc(N)ncc2C)c(Cl)c1. The Balaban J connectivity index is 2.34. The van der Waals surface area contributed by atoms with Crippen LogP contribution in [-0.4, -0.2) is 9.97 Å². The molecule has 0 saturated heterocycles. The molecule has 0 bridgehead atoms. The van der Waals surface area contributed by atoms with Crippen LogP contribution in [0.3, 0.4) is 0 Å². The van der Waals surface area contributed by atoms with Crippen molar-refractivity contribution in [1.82, 2.24) is 9.97 Å². The van der Waals surface area contributed by atoms with Gasteiger partial charge in [-0.15, -0.1) is 0 Å². The Morgan fingerprint density at radius 2 is 2.06 bits per heavy atom. The average molecular weight is 250 g/mol. The second-order valence-electron chi connectivity index (χ2n) is 3.75. The highest BCUT2D eigenvalue weighted by molar-refractivity contribution is 6.32. The maximum absolute atomic E-state index is 6.07. The molecule has 0 unspecified atom stereocenters. The molecule has 17 heavy (non-hydrogen) atoms. The standard InChI is InChI=1S/C12H12ClN3O/c1-7-3-4-10(9(13)5-7)17-11-8(2)6-15-12(14)16-11/h3-6H,1-2H3,(H2,14,15,16). The number of hydrogen-bond acceptors (Lipinski definition) is 4. The first kappa shape index (κ1) is 11.7. The van der Waals surface area contributed by atoms with Gasteiger partial charge in [-0.05, 0) is 31.5 Å². The molecule has 0 saturated carbocycles. The van der Waals surface area contributed by atoms with E-state index in [0.717, 1.165) is 11.1 Å². The summed E-state index contributed by atoms with van der Waals surface area (Å²) < 4.78 is 5.61. The van der Waals surface area contributed by atoms with Crippen LogP contribution in [0.25, 0.3) is 0 Å². The number of hydrogen-bond donors (Lipinski definition) is 1. The quantitative estimate of drug-likeness (QED) is 0.888. The topological polar surface area (TPSA) is 61.0 Å². The maximum atomic E-state index is 6.07. The summed E-state index contributed by atoms with van der Waals surface area (Å²) in [6.07, 6.45) is 1.61. The number of nitrogen functional groups attached to an aromatic ring is 1. The summed E-state index contributed by atoms with van der Waals surface area (Å²) in [5, 5.41) is 0.543. The van der Waals surface area contributed by atoms with Crippen molar-refractivity contribution in [2.45, 2.75) is 13.8 Å². The molecule has 88 valence electrons. The highest BCUT2D eigenvalue weighted by Crippen LogP contribution is 2.30. The largest absolute Gasteiger partial charge is 0.437 e. The molecule has 1 aromatic heterocycles. The van der Waals surface area contributed by atoms with Crippen molar-refractivity contribution in [3.05, 3.63) is 40.5 Å². The predicted octanol–water partition coefficient (Wildman–Crippen LogP) is 3.12. The number of aryl methyl sites for hydroxylation is 2. The fourth-order valence-electron chi connectivity index (χ4n) is 1.34. The summed E-state index contributed by atoms with van der Waals surface area (Å²) in [5.41, 5.74) is 7.38. The number of nitrogens with two attached hydrogens (primary N) is 1. The van der Waals surface area contributed by atoms with Crippen LogP contribution >= 0.6 is 11.6 Å². The third-order valence-electron chi connectivity index (χ3n) is 2.24. The van der Waals surface area contributed by atoms with Gasteiger partial charge in [0, 0.05) is 11.8 Å². The summed E-state index contributed by atoms with van der Waals surface area (Å²) >= 11 is 6.07. The number of benzene rings is 1. The van der Waals surface area contributed by atoms with E-state index in [0.29, 0.717) is 16.7 Å². The van der Waals surface area contributed by atoms with E-state index in [-0.39, 0.29) is 5.95 Å². The van der Waals surface area contributed by atoms with Gasteiger partial charge in [-0.1, -0.05) is 17.7 Å². The minimum absolute atomic E-state index is 0.175. The third-order valence-corrected chi connectivity index (χ3v) is 2.53. The first-order valence-electron chi connectivity index (χ1n) is 5.09. The van der Waals surface area contributed by atoms with Gasteiger partial charge < -0.3 is 10.5 Å². The lowest BCUT2D eigenvalue weighted by Gasteiger charge is -2.09. The van der Waals surface area contributed by atoms with Gasteiger partial charge in [0.15, 0.2) is 0 Å². The van der Waals surface area contributed by atoms with Crippen molar-refractivity contribution in [2.24, 2.45) is 0 Å². The lowest BCUT2D eigenvalue weighted by molar-refractivity contribution is 0.458. The summed E-state index contributed by atoms with van der Waals surface area (Å²) in [6.45, 7) is 3.81. The van der Waals surface area contributed by atoms with E-state index in [4.69, 9.17) is 22.1 Å². The van der Waals surface area contributed by atoms with Crippen LogP contribution in [0.2, 0.25) is 5.02 Å². The van der Waals surface area contributed by atoms with Crippen LogP contribution < -0.4 is 10.5 Å². The van der Waals surface area contributed by atoms with Crippen LogP contribution in [0, 0.1) is 13.8 Å². The molecule has 0 aliphatic rings. The molecule has 1 heterocycles. The summed E-state index contributed by atoms with van der Waals surface area (Å²) in [6, 6.07) is 5.55. The Kier molecular flexibility index (Phi) is 3.15. The fourth-order valence-corrected chi connectivity index (χ4v) is 1.61. The van der Waals surface area contributed by atoms with Crippen molar-refractivity contribution in [2.75, 3.05) is 5.73 Å².